The SMILES string of the molecule is CCCCOc1ccc(C(=O)NNC(=O)[C@@H]2[C@@H](C(=O)[O-])[C@H]3C=C[C@H]2C3)cc1. The van der Waals surface area contributed by atoms with Gasteiger partial charge < -0.3 is 14.6 Å². The van der Waals surface area contributed by atoms with Gasteiger partial charge in [-0.2, -0.15) is 0 Å². The summed E-state index contributed by atoms with van der Waals surface area (Å²) in [6.45, 7) is 2.70. The van der Waals surface area contributed by atoms with Crippen LogP contribution < -0.4 is 20.7 Å². The molecule has 0 aliphatic heterocycles. The summed E-state index contributed by atoms with van der Waals surface area (Å²) in [4.78, 5) is 36.0. The number of nitrogens with one attached hydrogen (secondary N) is 2. The van der Waals surface area contributed by atoms with Crippen LogP contribution in [-0.2, 0) is 9.59 Å². The zero-order valence-electron chi connectivity index (χ0n) is 15.1. The number of amides is 2. The Morgan fingerprint density at radius 3 is 2.37 bits per heavy atom. The van der Waals surface area contributed by atoms with Gasteiger partial charge in [0.1, 0.15) is 5.75 Å². The maximum absolute atomic E-state index is 12.4. The molecule has 7 heteroatoms. The van der Waals surface area contributed by atoms with Gasteiger partial charge in [-0.05, 0) is 48.9 Å². The Morgan fingerprint density at radius 2 is 1.74 bits per heavy atom. The number of hydrazine groups is 1. The smallest absolute Gasteiger partial charge is 0.269 e. The lowest BCUT2D eigenvalue weighted by Crippen LogP contribution is -2.50. The number of carbonyl (C=O) groups is 3. The average molecular weight is 371 g/mol. The summed E-state index contributed by atoms with van der Waals surface area (Å²) >= 11 is 0. The van der Waals surface area contributed by atoms with E-state index in [9.17, 15) is 19.5 Å². The van der Waals surface area contributed by atoms with E-state index in [1.807, 2.05) is 12.2 Å². The Balaban J connectivity index is 1.53. The fourth-order valence-corrected chi connectivity index (χ4v) is 3.81. The summed E-state index contributed by atoms with van der Waals surface area (Å²) < 4.78 is 5.54. The minimum atomic E-state index is -1.23. The molecule has 2 bridgehead atoms. The highest BCUT2D eigenvalue weighted by atomic mass is 16.5. The first kappa shape index (κ1) is 18.9. The molecule has 1 aromatic carbocycles. The van der Waals surface area contributed by atoms with Crippen LogP contribution >= 0.6 is 0 Å². The maximum atomic E-state index is 12.4. The van der Waals surface area contributed by atoms with Crippen LogP contribution in [0.4, 0.5) is 0 Å². The van der Waals surface area contributed by atoms with E-state index in [2.05, 4.69) is 17.8 Å². The van der Waals surface area contributed by atoms with Crippen molar-refractivity contribution in [1.29, 1.82) is 0 Å². The van der Waals surface area contributed by atoms with Gasteiger partial charge >= 0.3 is 0 Å². The van der Waals surface area contributed by atoms with E-state index < -0.39 is 29.6 Å². The summed E-state index contributed by atoms with van der Waals surface area (Å²) in [7, 11) is 0. The lowest BCUT2D eigenvalue weighted by molar-refractivity contribution is -0.313. The molecule has 27 heavy (non-hydrogen) atoms. The quantitative estimate of drug-likeness (QED) is 0.419. The number of aliphatic carboxylic acids is 1. The van der Waals surface area contributed by atoms with Gasteiger partial charge in [-0.1, -0.05) is 25.5 Å². The zero-order valence-corrected chi connectivity index (χ0v) is 15.1. The number of carboxylic acid groups (broad SMARTS) is 1. The highest BCUT2D eigenvalue weighted by Gasteiger charge is 2.48. The Labute approximate surface area is 157 Å². The third-order valence-corrected chi connectivity index (χ3v) is 5.22. The minimum absolute atomic E-state index is 0.130. The lowest BCUT2D eigenvalue weighted by atomic mass is 9.82. The predicted octanol–water partition coefficient (Wildman–Crippen LogP) is 0.815. The van der Waals surface area contributed by atoms with Crippen LogP contribution in [0.15, 0.2) is 36.4 Å². The molecule has 2 N–H and O–H groups in total. The van der Waals surface area contributed by atoms with Crippen LogP contribution in [0.25, 0.3) is 0 Å². The number of fused-ring (bicyclic) bond motifs is 2. The molecular weight excluding hydrogens is 348 g/mol. The monoisotopic (exact) mass is 371 g/mol. The number of rotatable bonds is 7. The van der Waals surface area contributed by atoms with Crippen LogP contribution in [-0.4, -0.2) is 24.4 Å². The molecule has 2 aliphatic rings. The molecule has 0 unspecified atom stereocenters. The second-order valence-electron chi connectivity index (χ2n) is 6.99. The number of hydrogen-bond acceptors (Lipinski definition) is 5. The summed E-state index contributed by atoms with van der Waals surface area (Å²) in [5, 5.41) is 11.4. The molecule has 1 aromatic rings. The van der Waals surface area contributed by atoms with Gasteiger partial charge in [0.25, 0.3) is 5.91 Å². The van der Waals surface area contributed by atoms with Gasteiger partial charge in [0.15, 0.2) is 0 Å². The van der Waals surface area contributed by atoms with Crippen molar-refractivity contribution < 1.29 is 24.2 Å². The fraction of sp³-hybridized carbons (Fsp3) is 0.450. The van der Waals surface area contributed by atoms with E-state index in [0.29, 0.717) is 24.3 Å². The van der Waals surface area contributed by atoms with Crippen molar-refractivity contribution in [2.45, 2.75) is 26.2 Å². The summed E-state index contributed by atoms with van der Waals surface area (Å²) in [6.07, 6.45) is 6.33. The van der Waals surface area contributed by atoms with Gasteiger partial charge in [-0.3, -0.25) is 20.4 Å². The predicted molar refractivity (Wildman–Crippen MR) is 95.2 cm³/mol. The number of ether oxygens (including phenoxy) is 1. The van der Waals surface area contributed by atoms with E-state index >= 15 is 0 Å². The van der Waals surface area contributed by atoms with Crippen molar-refractivity contribution in [2.75, 3.05) is 6.61 Å². The molecule has 0 aromatic heterocycles. The van der Waals surface area contributed by atoms with Gasteiger partial charge in [0.2, 0.25) is 5.91 Å². The van der Waals surface area contributed by atoms with Gasteiger partial charge in [0.05, 0.1) is 12.5 Å². The first-order valence-electron chi connectivity index (χ1n) is 9.23. The number of carboxylic acids is 1. The van der Waals surface area contributed by atoms with Crippen molar-refractivity contribution in [3.05, 3.63) is 42.0 Å². The first-order chi connectivity index (χ1) is 13.0. The molecule has 1 saturated carbocycles. The van der Waals surface area contributed by atoms with E-state index in [0.717, 1.165) is 12.8 Å². The number of benzene rings is 1. The fourth-order valence-electron chi connectivity index (χ4n) is 3.81. The molecule has 3 rings (SSSR count). The van der Waals surface area contributed by atoms with Crippen LogP contribution in [0.1, 0.15) is 36.5 Å². The van der Waals surface area contributed by atoms with E-state index in [1.165, 1.54) is 0 Å². The van der Waals surface area contributed by atoms with E-state index in [4.69, 9.17) is 4.74 Å². The Morgan fingerprint density at radius 1 is 1.07 bits per heavy atom. The molecule has 0 radical (unpaired) electrons. The number of hydrogen-bond donors (Lipinski definition) is 2. The second kappa shape index (κ2) is 8.24. The van der Waals surface area contributed by atoms with Gasteiger partial charge in [-0.15, -0.1) is 0 Å². The average Bonchev–Trinajstić information content (AvgIpc) is 3.28. The van der Waals surface area contributed by atoms with Crippen molar-refractivity contribution >= 4 is 17.8 Å². The first-order valence-corrected chi connectivity index (χ1v) is 9.23. The van der Waals surface area contributed by atoms with E-state index in [-0.39, 0.29) is 11.8 Å². The Kier molecular flexibility index (Phi) is 5.78. The highest BCUT2D eigenvalue weighted by Crippen LogP contribution is 2.47. The molecule has 0 heterocycles. The molecule has 2 amide bonds. The summed E-state index contributed by atoms with van der Waals surface area (Å²) in [5.41, 5.74) is 5.07. The maximum Gasteiger partial charge on any atom is 0.269 e. The normalized spacial score (nSPS) is 25.2. The molecule has 144 valence electrons. The Bertz CT molecular complexity index is 743. The van der Waals surface area contributed by atoms with Crippen LogP contribution in [0.3, 0.4) is 0 Å². The minimum Gasteiger partial charge on any atom is -0.550 e. The van der Waals surface area contributed by atoms with Crippen LogP contribution in [0, 0.1) is 23.7 Å². The molecule has 0 saturated heterocycles. The van der Waals surface area contributed by atoms with Crippen LogP contribution in [0.5, 0.6) is 5.75 Å². The second-order valence-corrected chi connectivity index (χ2v) is 6.99. The molecule has 7 nitrogen and oxygen atoms in total. The molecule has 2 aliphatic carbocycles. The van der Waals surface area contributed by atoms with Gasteiger partial charge in [-0.25, -0.2) is 0 Å². The third kappa shape index (κ3) is 4.13. The number of allylic oxidation sites excluding steroid dienone is 2. The van der Waals surface area contributed by atoms with Crippen molar-refractivity contribution in [2.24, 2.45) is 23.7 Å². The zero-order chi connectivity index (χ0) is 19.4. The Hall–Kier alpha value is -2.83. The third-order valence-electron chi connectivity index (χ3n) is 5.22. The standard InChI is InChI=1S/C20H24N2O5/c1-2-3-10-27-15-8-6-12(7-9-15)18(23)21-22-19(24)16-13-4-5-14(11-13)17(16)20(25)26/h4-9,13-14,16-17H,2-3,10-11H2,1H3,(H,21,23)(H,22,24)(H,25,26)/p-1/t13-,14-,16-,17-/m0/s1. The molecule has 4 atom stereocenters. The summed E-state index contributed by atoms with van der Waals surface area (Å²) in [5.74, 6) is -3.41. The number of unbranched alkanes of at least 4 members (excludes halogenated alkanes) is 1. The topological polar surface area (TPSA) is 108 Å². The van der Waals surface area contributed by atoms with Crippen LogP contribution in [0.2, 0.25) is 0 Å². The molecule has 0 spiro atoms. The molecule has 1 fully saturated rings. The van der Waals surface area contributed by atoms with E-state index in [1.54, 1.807) is 24.3 Å². The van der Waals surface area contributed by atoms with Crippen molar-refractivity contribution in [1.82, 2.24) is 10.9 Å². The van der Waals surface area contributed by atoms with Crippen molar-refractivity contribution in [3.8, 4) is 5.75 Å². The highest BCUT2D eigenvalue weighted by molar-refractivity contribution is 5.96. The lowest BCUT2D eigenvalue weighted by Gasteiger charge is -2.27. The van der Waals surface area contributed by atoms with Gasteiger partial charge in [0, 0.05) is 17.5 Å². The molecular formula is C20H23N2O5-. The van der Waals surface area contributed by atoms with Crippen molar-refractivity contribution in [3.63, 3.8) is 0 Å². The number of carbonyl (C=O) groups excluding carboxylic acids is 3. The largest absolute Gasteiger partial charge is 0.550 e. The summed E-state index contributed by atoms with van der Waals surface area (Å²) in [6, 6.07) is 6.60.